The van der Waals surface area contributed by atoms with Crippen LogP contribution in [0, 0.1) is 0 Å². The molecule has 338 valence electrons. The number of hydrogen-bond acceptors (Lipinski definition) is 6. The number of rotatable bonds is 43. The van der Waals surface area contributed by atoms with Crippen LogP contribution in [0.3, 0.4) is 0 Å². The van der Waals surface area contributed by atoms with Gasteiger partial charge >= 0.3 is 17.9 Å². The standard InChI is InChI=1S/C50H91NO7/c1-6-8-10-12-14-16-18-20-21-22-23-24-25-26-27-29-30-32-34-36-38-40-48(52)57-45-46(44-56-43-42-47(50(54)55)51(3,4)5)58-49(53)41-39-37-35-33-31-28-19-17-15-13-11-9-7-2/h9,11,15,17,28,31,46-47H,6-8,10,12-14,16,18-27,29-30,32-45H2,1-5H3/p+1/b11-9-,17-15-,31-28-. The first-order chi connectivity index (χ1) is 28.1. The number of quaternary nitrogens is 1. The molecule has 0 bridgehead atoms. The first-order valence-corrected chi connectivity index (χ1v) is 24.0. The molecule has 0 amide bonds. The van der Waals surface area contributed by atoms with Gasteiger partial charge in [0.2, 0.25) is 0 Å². The van der Waals surface area contributed by atoms with Crippen molar-refractivity contribution in [1.29, 1.82) is 0 Å². The zero-order chi connectivity index (χ0) is 42.8. The van der Waals surface area contributed by atoms with Crippen LogP contribution in [-0.4, -0.2) is 80.6 Å². The largest absolute Gasteiger partial charge is 0.477 e. The number of unbranched alkanes of at least 4 members (excludes halogenated alkanes) is 23. The summed E-state index contributed by atoms with van der Waals surface area (Å²) in [5, 5.41) is 9.63. The highest BCUT2D eigenvalue weighted by Crippen LogP contribution is 2.16. The molecule has 0 rings (SSSR count). The number of carbonyl (C=O) groups excluding carboxylic acids is 2. The van der Waals surface area contributed by atoms with E-state index in [1.165, 1.54) is 116 Å². The summed E-state index contributed by atoms with van der Waals surface area (Å²) in [6.45, 7) is 4.61. The number of carboxylic acids is 1. The highest BCUT2D eigenvalue weighted by Gasteiger charge is 2.31. The quantitative estimate of drug-likeness (QED) is 0.0283. The fraction of sp³-hybridized carbons (Fsp3) is 0.820. The minimum Gasteiger partial charge on any atom is -0.477 e. The topological polar surface area (TPSA) is 99.1 Å². The van der Waals surface area contributed by atoms with Gasteiger partial charge in [-0.2, -0.15) is 0 Å². The second-order valence-electron chi connectivity index (χ2n) is 17.3. The van der Waals surface area contributed by atoms with Gasteiger partial charge in [0.25, 0.3) is 0 Å². The first kappa shape index (κ1) is 55.5. The number of hydrogen-bond donors (Lipinski definition) is 1. The summed E-state index contributed by atoms with van der Waals surface area (Å²) in [5.41, 5.74) is 0. The van der Waals surface area contributed by atoms with Crippen LogP contribution in [-0.2, 0) is 28.6 Å². The van der Waals surface area contributed by atoms with Crippen molar-refractivity contribution in [3.63, 3.8) is 0 Å². The highest BCUT2D eigenvalue weighted by atomic mass is 16.6. The third kappa shape index (κ3) is 39.0. The molecule has 0 aliphatic heterocycles. The molecule has 2 unspecified atom stereocenters. The van der Waals surface area contributed by atoms with Gasteiger partial charge in [0.05, 0.1) is 34.4 Å². The van der Waals surface area contributed by atoms with Crippen molar-refractivity contribution in [2.45, 2.75) is 225 Å². The summed E-state index contributed by atoms with van der Waals surface area (Å²) in [6, 6.07) is -0.618. The number of carboxylic acid groups (broad SMARTS) is 1. The molecule has 0 aliphatic rings. The maximum atomic E-state index is 12.7. The lowest BCUT2D eigenvalue weighted by Crippen LogP contribution is -2.50. The fourth-order valence-corrected chi connectivity index (χ4v) is 7.11. The lowest BCUT2D eigenvalue weighted by atomic mass is 10.0. The fourth-order valence-electron chi connectivity index (χ4n) is 7.11. The van der Waals surface area contributed by atoms with Crippen molar-refractivity contribution in [3.8, 4) is 0 Å². The Labute approximate surface area is 357 Å². The summed E-state index contributed by atoms with van der Waals surface area (Å²) >= 11 is 0. The van der Waals surface area contributed by atoms with Crippen molar-refractivity contribution in [2.75, 3.05) is 41.0 Å². The Kier molecular flexibility index (Phi) is 39.5. The molecule has 0 saturated carbocycles. The van der Waals surface area contributed by atoms with Crippen LogP contribution >= 0.6 is 0 Å². The Hall–Kier alpha value is -2.45. The van der Waals surface area contributed by atoms with Gasteiger partial charge in [-0.25, -0.2) is 4.79 Å². The maximum absolute atomic E-state index is 12.7. The number of carbonyl (C=O) groups is 3. The number of ether oxygens (including phenoxy) is 3. The molecule has 0 aliphatic carbocycles. The lowest BCUT2D eigenvalue weighted by molar-refractivity contribution is -0.887. The minimum atomic E-state index is -0.879. The molecule has 1 N–H and O–H groups in total. The molecule has 0 fully saturated rings. The second kappa shape index (κ2) is 41.3. The Morgan fingerprint density at radius 3 is 1.43 bits per heavy atom. The average molecular weight is 819 g/mol. The minimum absolute atomic E-state index is 0.0516. The van der Waals surface area contributed by atoms with Crippen molar-refractivity contribution < 1.29 is 38.2 Å². The monoisotopic (exact) mass is 819 g/mol. The third-order valence-electron chi connectivity index (χ3n) is 10.8. The lowest BCUT2D eigenvalue weighted by Gasteiger charge is -2.31. The molecule has 2 atom stereocenters. The third-order valence-corrected chi connectivity index (χ3v) is 10.8. The van der Waals surface area contributed by atoms with Crippen LogP contribution in [0.1, 0.15) is 213 Å². The Balaban J connectivity index is 4.22. The van der Waals surface area contributed by atoms with Gasteiger partial charge < -0.3 is 23.8 Å². The van der Waals surface area contributed by atoms with E-state index in [1.807, 2.05) is 21.1 Å². The highest BCUT2D eigenvalue weighted by molar-refractivity contribution is 5.72. The molecule has 0 saturated heterocycles. The van der Waals surface area contributed by atoms with Crippen LogP contribution in [0.4, 0.5) is 0 Å². The Morgan fingerprint density at radius 2 is 0.966 bits per heavy atom. The predicted molar refractivity (Wildman–Crippen MR) is 243 cm³/mol. The number of allylic oxidation sites excluding steroid dienone is 6. The van der Waals surface area contributed by atoms with Crippen molar-refractivity contribution in [3.05, 3.63) is 36.5 Å². The van der Waals surface area contributed by atoms with Gasteiger partial charge in [-0.3, -0.25) is 9.59 Å². The van der Waals surface area contributed by atoms with Crippen LogP contribution in [0.2, 0.25) is 0 Å². The molecular formula is C50H92NO7+. The molecule has 0 radical (unpaired) electrons. The molecule has 8 nitrogen and oxygen atoms in total. The molecule has 58 heavy (non-hydrogen) atoms. The van der Waals surface area contributed by atoms with Crippen molar-refractivity contribution >= 4 is 17.9 Å². The van der Waals surface area contributed by atoms with Gasteiger partial charge in [0.15, 0.2) is 12.1 Å². The van der Waals surface area contributed by atoms with E-state index < -0.39 is 18.1 Å². The van der Waals surface area contributed by atoms with Crippen molar-refractivity contribution in [1.82, 2.24) is 0 Å². The molecule has 8 heteroatoms. The maximum Gasteiger partial charge on any atom is 0.362 e. The average Bonchev–Trinajstić information content (AvgIpc) is 3.18. The molecule has 0 aromatic heterocycles. The molecule has 0 aromatic carbocycles. The zero-order valence-electron chi connectivity index (χ0n) is 38.5. The second-order valence-corrected chi connectivity index (χ2v) is 17.3. The van der Waals surface area contributed by atoms with Gasteiger partial charge in [-0.1, -0.05) is 185 Å². The summed E-state index contributed by atoms with van der Waals surface area (Å²) < 4.78 is 17.3. The van der Waals surface area contributed by atoms with Gasteiger partial charge in [-0.05, 0) is 44.9 Å². The van der Waals surface area contributed by atoms with E-state index in [1.54, 1.807) is 0 Å². The molecule has 0 spiro atoms. The van der Waals surface area contributed by atoms with Crippen LogP contribution in [0.5, 0.6) is 0 Å². The SMILES string of the molecule is CC/C=C\C/C=C\C/C=C\CCCCCC(=O)OC(COCCC(C(=O)O)[N+](C)(C)C)COC(=O)CCCCCCCCCCCCCCCCCCCCCCC. The van der Waals surface area contributed by atoms with E-state index >= 15 is 0 Å². The summed E-state index contributed by atoms with van der Waals surface area (Å²) in [5.74, 6) is -1.50. The predicted octanol–water partition coefficient (Wildman–Crippen LogP) is 13.4. The van der Waals surface area contributed by atoms with Crippen LogP contribution < -0.4 is 0 Å². The van der Waals surface area contributed by atoms with Crippen LogP contribution in [0.15, 0.2) is 36.5 Å². The van der Waals surface area contributed by atoms with Gasteiger partial charge in [0, 0.05) is 19.3 Å². The first-order valence-electron chi connectivity index (χ1n) is 24.0. The molecule has 0 aromatic rings. The van der Waals surface area contributed by atoms with E-state index in [4.69, 9.17) is 14.2 Å². The van der Waals surface area contributed by atoms with E-state index in [0.717, 1.165) is 64.2 Å². The van der Waals surface area contributed by atoms with Crippen LogP contribution in [0.25, 0.3) is 0 Å². The smallest absolute Gasteiger partial charge is 0.362 e. The summed E-state index contributed by atoms with van der Waals surface area (Å²) in [6.07, 6.45) is 47.7. The number of likely N-dealkylation sites (N-methyl/N-ethyl adjacent to an activating group) is 1. The number of aliphatic carboxylic acids is 1. The van der Waals surface area contributed by atoms with E-state index in [2.05, 4.69) is 50.3 Å². The Bertz CT molecular complexity index is 1050. The Morgan fingerprint density at radius 1 is 0.534 bits per heavy atom. The number of nitrogens with zero attached hydrogens (tertiary/aromatic N) is 1. The summed E-state index contributed by atoms with van der Waals surface area (Å²) in [4.78, 5) is 37.0. The van der Waals surface area contributed by atoms with Crippen molar-refractivity contribution in [2.24, 2.45) is 0 Å². The van der Waals surface area contributed by atoms with Gasteiger partial charge in [-0.15, -0.1) is 0 Å². The number of esters is 2. The molecule has 0 heterocycles. The molecular weight excluding hydrogens is 727 g/mol. The summed E-state index contributed by atoms with van der Waals surface area (Å²) in [7, 11) is 5.52. The zero-order valence-corrected chi connectivity index (χ0v) is 38.5. The van der Waals surface area contributed by atoms with E-state index in [9.17, 15) is 19.5 Å². The van der Waals surface area contributed by atoms with E-state index in [-0.39, 0.29) is 36.2 Å². The normalized spacial score (nSPS) is 13.2. The van der Waals surface area contributed by atoms with E-state index in [0.29, 0.717) is 19.3 Å². The van der Waals surface area contributed by atoms with Gasteiger partial charge in [0.1, 0.15) is 6.61 Å².